The Morgan fingerprint density at radius 1 is 1.45 bits per heavy atom. The van der Waals surface area contributed by atoms with Crippen LogP contribution in [-0.2, 0) is 11.3 Å². The molecule has 0 bridgehead atoms. The number of methoxy groups -OCH3 is 2. The van der Waals surface area contributed by atoms with Crippen molar-refractivity contribution >= 4 is 11.7 Å². The highest BCUT2D eigenvalue weighted by atomic mass is 16.5. The molecule has 0 radical (unpaired) electrons. The van der Waals surface area contributed by atoms with Crippen LogP contribution in [0.5, 0.6) is 11.5 Å². The normalized spacial score (nSPS) is 14.5. The SMILES string of the molecule is COc1cc2c(c(NCC(O)CO)c1OC)C(=O)OC2. The van der Waals surface area contributed by atoms with E-state index in [-0.39, 0.29) is 19.8 Å². The van der Waals surface area contributed by atoms with Crippen molar-refractivity contribution < 1.29 is 29.2 Å². The first-order valence-electron chi connectivity index (χ1n) is 6.10. The zero-order valence-corrected chi connectivity index (χ0v) is 11.3. The minimum Gasteiger partial charge on any atom is -0.493 e. The number of nitrogens with one attached hydrogen (secondary N) is 1. The maximum atomic E-state index is 11.8. The van der Waals surface area contributed by atoms with E-state index >= 15 is 0 Å². The number of aliphatic hydroxyl groups is 2. The maximum Gasteiger partial charge on any atom is 0.341 e. The van der Waals surface area contributed by atoms with Gasteiger partial charge in [-0.15, -0.1) is 0 Å². The van der Waals surface area contributed by atoms with Gasteiger partial charge in [-0.2, -0.15) is 0 Å². The van der Waals surface area contributed by atoms with Crippen LogP contribution in [-0.4, -0.2) is 49.7 Å². The molecule has 0 amide bonds. The smallest absolute Gasteiger partial charge is 0.341 e. The van der Waals surface area contributed by atoms with Crippen LogP contribution in [0.1, 0.15) is 15.9 Å². The molecule has 0 saturated carbocycles. The summed E-state index contributed by atoms with van der Waals surface area (Å²) < 4.78 is 15.5. The van der Waals surface area contributed by atoms with Gasteiger partial charge in [0.15, 0.2) is 11.5 Å². The number of hydrogen-bond donors (Lipinski definition) is 3. The monoisotopic (exact) mass is 283 g/mol. The van der Waals surface area contributed by atoms with E-state index in [9.17, 15) is 9.90 Å². The second-order valence-electron chi connectivity index (χ2n) is 4.31. The molecule has 0 aliphatic carbocycles. The second kappa shape index (κ2) is 5.98. The fourth-order valence-electron chi connectivity index (χ4n) is 2.06. The van der Waals surface area contributed by atoms with Gasteiger partial charge in [0.05, 0.1) is 38.2 Å². The lowest BCUT2D eigenvalue weighted by Crippen LogP contribution is -2.24. The van der Waals surface area contributed by atoms with Gasteiger partial charge < -0.3 is 29.7 Å². The van der Waals surface area contributed by atoms with Gasteiger partial charge in [-0.25, -0.2) is 4.79 Å². The Labute approximate surface area is 116 Å². The molecule has 0 saturated heterocycles. The van der Waals surface area contributed by atoms with Crippen molar-refractivity contribution in [3.05, 3.63) is 17.2 Å². The number of aliphatic hydroxyl groups excluding tert-OH is 2. The lowest BCUT2D eigenvalue weighted by Gasteiger charge is -2.18. The van der Waals surface area contributed by atoms with Gasteiger partial charge in [0, 0.05) is 12.1 Å². The quantitative estimate of drug-likeness (QED) is 0.639. The molecule has 1 aliphatic heterocycles. The number of carbonyl (C=O) groups excluding carboxylic acids is 1. The zero-order valence-electron chi connectivity index (χ0n) is 11.3. The summed E-state index contributed by atoms with van der Waals surface area (Å²) in [5.74, 6) is 0.364. The third-order valence-electron chi connectivity index (χ3n) is 3.04. The third kappa shape index (κ3) is 2.50. The van der Waals surface area contributed by atoms with Crippen molar-refractivity contribution in [3.8, 4) is 11.5 Å². The Hall–Kier alpha value is -1.99. The van der Waals surface area contributed by atoms with E-state index in [0.717, 1.165) is 0 Å². The first-order valence-corrected chi connectivity index (χ1v) is 6.10. The standard InChI is InChI=1S/C13H17NO6/c1-18-9-3-7-6-20-13(17)10(7)11(12(9)19-2)14-4-8(16)5-15/h3,8,14-16H,4-6H2,1-2H3. The van der Waals surface area contributed by atoms with E-state index in [1.165, 1.54) is 14.2 Å². The second-order valence-corrected chi connectivity index (χ2v) is 4.31. The molecular formula is C13H17NO6. The van der Waals surface area contributed by atoms with E-state index in [1.807, 2.05) is 0 Å². The highest BCUT2D eigenvalue weighted by molar-refractivity contribution is 6.01. The highest BCUT2D eigenvalue weighted by Crippen LogP contribution is 2.42. The number of anilines is 1. The molecule has 110 valence electrons. The topological polar surface area (TPSA) is 97.3 Å². The molecule has 0 aromatic heterocycles. The molecule has 1 aliphatic rings. The lowest BCUT2D eigenvalue weighted by molar-refractivity contribution is 0.0535. The summed E-state index contributed by atoms with van der Waals surface area (Å²) >= 11 is 0. The summed E-state index contributed by atoms with van der Waals surface area (Å²) in [6.45, 7) is -0.141. The molecule has 0 spiro atoms. The van der Waals surface area contributed by atoms with Crippen molar-refractivity contribution in [2.24, 2.45) is 0 Å². The summed E-state index contributed by atoms with van der Waals surface area (Å²) in [5.41, 5.74) is 1.46. The molecule has 1 aromatic rings. The van der Waals surface area contributed by atoms with Crippen LogP contribution in [0, 0.1) is 0 Å². The Bertz CT molecular complexity index is 516. The molecule has 7 nitrogen and oxygen atoms in total. The van der Waals surface area contributed by atoms with E-state index in [2.05, 4.69) is 5.32 Å². The fraction of sp³-hybridized carbons (Fsp3) is 0.462. The number of rotatable bonds is 6. The van der Waals surface area contributed by atoms with Gasteiger partial charge in [0.2, 0.25) is 0 Å². The number of fused-ring (bicyclic) bond motifs is 1. The lowest BCUT2D eigenvalue weighted by atomic mass is 10.1. The first kappa shape index (κ1) is 14.4. The van der Waals surface area contributed by atoms with Gasteiger partial charge in [-0.3, -0.25) is 0 Å². The summed E-state index contributed by atoms with van der Waals surface area (Å²) in [6, 6.07) is 1.69. The van der Waals surface area contributed by atoms with Gasteiger partial charge in [-0.05, 0) is 6.07 Å². The first-order chi connectivity index (χ1) is 9.62. The van der Waals surface area contributed by atoms with Crippen LogP contribution >= 0.6 is 0 Å². The Morgan fingerprint density at radius 2 is 2.20 bits per heavy atom. The van der Waals surface area contributed by atoms with Gasteiger partial charge in [0.25, 0.3) is 0 Å². The number of carbonyl (C=O) groups is 1. The van der Waals surface area contributed by atoms with E-state index in [0.29, 0.717) is 28.3 Å². The Kier molecular flexibility index (Phi) is 4.31. The number of benzene rings is 1. The maximum absolute atomic E-state index is 11.8. The fourth-order valence-corrected chi connectivity index (χ4v) is 2.06. The summed E-state index contributed by atoms with van der Waals surface area (Å²) in [6.07, 6.45) is -0.945. The third-order valence-corrected chi connectivity index (χ3v) is 3.04. The predicted octanol–water partition coefficient (Wildman–Crippen LogP) is 0.139. The zero-order chi connectivity index (χ0) is 14.7. The Morgan fingerprint density at radius 3 is 2.80 bits per heavy atom. The molecule has 1 unspecified atom stereocenters. The molecule has 1 heterocycles. The van der Waals surface area contributed by atoms with Crippen molar-refractivity contribution in [1.82, 2.24) is 0 Å². The summed E-state index contributed by atoms with van der Waals surface area (Å²) in [4.78, 5) is 11.8. The minimum absolute atomic E-state index is 0.0692. The number of esters is 1. The minimum atomic E-state index is -0.945. The predicted molar refractivity (Wildman–Crippen MR) is 70.2 cm³/mol. The number of ether oxygens (including phenoxy) is 3. The van der Waals surface area contributed by atoms with Crippen molar-refractivity contribution in [1.29, 1.82) is 0 Å². The number of cyclic esters (lactones) is 1. The van der Waals surface area contributed by atoms with Gasteiger partial charge >= 0.3 is 5.97 Å². The largest absolute Gasteiger partial charge is 0.493 e. The van der Waals surface area contributed by atoms with E-state index < -0.39 is 12.1 Å². The van der Waals surface area contributed by atoms with E-state index in [4.69, 9.17) is 19.3 Å². The number of hydrogen-bond acceptors (Lipinski definition) is 7. The van der Waals surface area contributed by atoms with Crippen LogP contribution in [0.15, 0.2) is 6.07 Å². The van der Waals surface area contributed by atoms with Crippen LogP contribution < -0.4 is 14.8 Å². The van der Waals surface area contributed by atoms with Crippen LogP contribution in [0.4, 0.5) is 5.69 Å². The average molecular weight is 283 g/mol. The van der Waals surface area contributed by atoms with Crippen LogP contribution in [0.2, 0.25) is 0 Å². The Balaban J connectivity index is 2.45. The van der Waals surface area contributed by atoms with Gasteiger partial charge in [0.1, 0.15) is 6.61 Å². The molecular weight excluding hydrogens is 266 g/mol. The molecule has 7 heteroatoms. The van der Waals surface area contributed by atoms with Crippen LogP contribution in [0.25, 0.3) is 0 Å². The van der Waals surface area contributed by atoms with Crippen molar-refractivity contribution in [2.75, 3.05) is 32.7 Å². The average Bonchev–Trinajstić information content (AvgIpc) is 2.84. The van der Waals surface area contributed by atoms with Gasteiger partial charge in [-0.1, -0.05) is 0 Å². The van der Waals surface area contributed by atoms with Crippen LogP contribution in [0.3, 0.4) is 0 Å². The molecule has 1 aromatic carbocycles. The molecule has 2 rings (SSSR count). The summed E-state index contributed by atoms with van der Waals surface area (Å²) in [7, 11) is 2.95. The molecule has 0 fully saturated rings. The molecule has 3 N–H and O–H groups in total. The van der Waals surface area contributed by atoms with Crippen molar-refractivity contribution in [3.63, 3.8) is 0 Å². The highest BCUT2D eigenvalue weighted by Gasteiger charge is 2.30. The van der Waals surface area contributed by atoms with E-state index in [1.54, 1.807) is 6.07 Å². The van der Waals surface area contributed by atoms with Crippen molar-refractivity contribution in [2.45, 2.75) is 12.7 Å². The molecule has 20 heavy (non-hydrogen) atoms. The summed E-state index contributed by atoms with van der Waals surface area (Å²) in [5, 5.41) is 21.2. The molecule has 1 atom stereocenters.